The van der Waals surface area contributed by atoms with Crippen molar-refractivity contribution in [3.05, 3.63) is 0 Å². The number of nitrogens with zero attached hydrogens (tertiary/aromatic N) is 1. The Balaban J connectivity index is 0.00000128. The first kappa shape index (κ1) is 13.7. The molecule has 0 aromatic rings. The zero-order valence-electron chi connectivity index (χ0n) is 9.83. The number of carbonyl (C=O) groups is 1. The van der Waals surface area contributed by atoms with Crippen molar-refractivity contribution in [3.63, 3.8) is 0 Å². The molecule has 2 heterocycles. The van der Waals surface area contributed by atoms with E-state index in [1.807, 2.05) is 4.90 Å². The van der Waals surface area contributed by atoms with Crippen LogP contribution in [0.2, 0.25) is 0 Å². The fraction of sp³-hybridized carbons (Fsp3) is 0.909. The van der Waals surface area contributed by atoms with Crippen LogP contribution in [0.4, 0.5) is 0 Å². The van der Waals surface area contributed by atoms with Gasteiger partial charge in [0.05, 0.1) is 12.0 Å². The first-order chi connectivity index (χ1) is 7.22. The number of rotatable bonds is 1. The highest BCUT2D eigenvalue weighted by atomic mass is 35.5. The maximum Gasteiger partial charge on any atom is 0.229 e. The van der Waals surface area contributed by atoms with Crippen molar-refractivity contribution in [3.8, 4) is 0 Å². The Kier molecular flexibility index (Phi) is 5.02. The molecule has 2 aliphatic heterocycles. The van der Waals surface area contributed by atoms with Gasteiger partial charge in [0.15, 0.2) is 0 Å². The van der Waals surface area contributed by atoms with E-state index in [2.05, 4.69) is 12.2 Å². The summed E-state index contributed by atoms with van der Waals surface area (Å²) in [4.78, 5) is 14.3. The Morgan fingerprint density at radius 1 is 1.38 bits per heavy atom. The predicted molar refractivity (Wildman–Crippen MR) is 64.9 cm³/mol. The molecular weight excluding hydrogens is 228 g/mol. The van der Waals surface area contributed by atoms with Crippen molar-refractivity contribution >= 4 is 18.3 Å². The first-order valence-electron chi connectivity index (χ1n) is 5.80. The highest BCUT2D eigenvalue weighted by molar-refractivity contribution is 5.85. The van der Waals surface area contributed by atoms with Crippen LogP contribution in [0.15, 0.2) is 0 Å². The summed E-state index contributed by atoms with van der Waals surface area (Å²) < 4.78 is 5.36. The average Bonchev–Trinajstić information content (AvgIpc) is 2.54. The molecule has 0 aliphatic carbocycles. The average molecular weight is 249 g/mol. The summed E-state index contributed by atoms with van der Waals surface area (Å²) in [6.45, 7) is 6.95. The molecule has 1 N–H and O–H groups in total. The Bertz CT molecular complexity index is 234. The van der Waals surface area contributed by atoms with Gasteiger partial charge in [-0.1, -0.05) is 0 Å². The largest absolute Gasteiger partial charge is 0.380 e. The van der Waals surface area contributed by atoms with E-state index in [1.165, 1.54) is 0 Å². The lowest BCUT2D eigenvalue weighted by atomic mass is 9.88. The molecule has 2 rings (SSSR count). The minimum Gasteiger partial charge on any atom is -0.380 e. The van der Waals surface area contributed by atoms with Crippen LogP contribution in [0.5, 0.6) is 0 Å². The van der Waals surface area contributed by atoms with E-state index < -0.39 is 0 Å². The lowest BCUT2D eigenvalue weighted by Gasteiger charge is -2.29. The second-order valence-corrected chi connectivity index (χ2v) is 4.75. The van der Waals surface area contributed by atoms with Gasteiger partial charge in [0.25, 0.3) is 0 Å². The third kappa shape index (κ3) is 2.87. The van der Waals surface area contributed by atoms with E-state index in [4.69, 9.17) is 4.74 Å². The molecule has 0 spiro atoms. The van der Waals surface area contributed by atoms with E-state index in [1.54, 1.807) is 0 Å². The first-order valence-corrected chi connectivity index (χ1v) is 5.80. The van der Waals surface area contributed by atoms with Gasteiger partial charge in [0.1, 0.15) is 0 Å². The van der Waals surface area contributed by atoms with Gasteiger partial charge in [-0.25, -0.2) is 0 Å². The third-order valence-corrected chi connectivity index (χ3v) is 3.39. The zero-order chi connectivity index (χ0) is 10.7. The van der Waals surface area contributed by atoms with Crippen LogP contribution in [0, 0.1) is 5.41 Å². The van der Waals surface area contributed by atoms with E-state index in [9.17, 15) is 4.79 Å². The molecule has 4 nitrogen and oxygen atoms in total. The molecule has 0 bridgehead atoms. The SMILES string of the molecule is CC1(C(=O)N2CCCOCC2)CCNC1.Cl. The molecule has 16 heavy (non-hydrogen) atoms. The molecule has 2 aliphatic rings. The second kappa shape index (κ2) is 5.84. The quantitative estimate of drug-likeness (QED) is 0.741. The van der Waals surface area contributed by atoms with Crippen molar-refractivity contribution in [2.75, 3.05) is 39.4 Å². The predicted octanol–water partition coefficient (Wildman–Crippen LogP) is 0.657. The molecular formula is C11H21ClN2O2. The lowest BCUT2D eigenvalue weighted by molar-refractivity contribution is -0.140. The molecule has 2 saturated heterocycles. The summed E-state index contributed by atoms with van der Waals surface area (Å²) >= 11 is 0. The number of ether oxygens (including phenoxy) is 1. The summed E-state index contributed by atoms with van der Waals surface area (Å²) in [6.07, 6.45) is 1.93. The normalized spacial score (nSPS) is 30.7. The van der Waals surface area contributed by atoms with Crippen LogP contribution >= 0.6 is 12.4 Å². The van der Waals surface area contributed by atoms with Gasteiger partial charge >= 0.3 is 0 Å². The molecule has 0 radical (unpaired) electrons. The molecule has 1 atom stereocenters. The van der Waals surface area contributed by atoms with Crippen LogP contribution < -0.4 is 5.32 Å². The summed E-state index contributed by atoms with van der Waals surface area (Å²) in [5.41, 5.74) is -0.176. The van der Waals surface area contributed by atoms with E-state index in [-0.39, 0.29) is 17.8 Å². The summed E-state index contributed by atoms with van der Waals surface area (Å²) in [6, 6.07) is 0. The van der Waals surface area contributed by atoms with Crippen molar-refractivity contribution in [1.29, 1.82) is 0 Å². The molecule has 0 saturated carbocycles. The zero-order valence-corrected chi connectivity index (χ0v) is 10.6. The number of carbonyl (C=O) groups excluding carboxylic acids is 1. The summed E-state index contributed by atoms with van der Waals surface area (Å²) in [5.74, 6) is 0.304. The molecule has 0 aromatic carbocycles. The highest BCUT2D eigenvalue weighted by Crippen LogP contribution is 2.27. The Morgan fingerprint density at radius 3 is 2.88 bits per heavy atom. The molecule has 2 fully saturated rings. The highest BCUT2D eigenvalue weighted by Gasteiger charge is 2.39. The van der Waals surface area contributed by atoms with Crippen molar-refractivity contribution in [1.82, 2.24) is 10.2 Å². The van der Waals surface area contributed by atoms with Crippen molar-refractivity contribution in [2.24, 2.45) is 5.41 Å². The van der Waals surface area contributed by atoms with Crippen LogP contribution in [0.3, 0.4) is 0 Å². The third-order valence-electron chi connectivity index (χ3n) is 3.39. The number of amides is 1. The molecule has 1 unspecified atom stereocenters. The number of hydrogen-bond donors (Lipinski definition) is 1. The molecule has 94 valence electrons. The Hall–Kier alpha value is -0.320. The fourth-order valence-corrected chi connectivity index (χ4v) is 2.33. The van der Waals surface area contributed by atoms with Crippen LogP contribution in [-0.2, 0) is 9.53 Å². The van der Waals surface area contributed by atoms with Gasteiger partial charge < -0.3 is 15.0 Å². The van der Waals surface area contributed by atoms with Crippen LogP contribution in [-0.4, -0.2) is 50.2 Å². The maximum absolute atomic E-state index is 12.3. The standard InChI is InChI=1S/C11H20N2O2.ClH/c1-11(3-4-12-9-11)10(14)13-5-2-7-15-8-6-13;/h12H,2-9H2,1H3;1H. The van der Waals surface area contributed by atoms with Crippen LogP contribution in [0.25, 0.3) is 0 Å². The number of halogens is 1. The van der Waals surface area contributed by atoms with Gasteiger partial charge in [-0.05, 0) is 26.3 Å². The fourth-order valence-electron chi connectivity index (χ4n) is 2.33. The molecule has 0 aromatic heterocycles. The van der Waals surface area contributed by atoms with Crippen molar-refractivity contribution in [2.45, 2.75) is 19.8 Å². The summed E-state index contributed by atoms with van der Waals surface area (Å²) in [7, 11) is 0. The number of nitrogens with one attached hydrogen (secondary N) is 1. The van der Waals surface area contributed by atoms with Crippen LogP contribution in [0.1, 0.15) is 19.8 Å². The van der Waals surface area contributed by atoms with Crippen molar-refractivity contribution < 1.29 is 9.53 Å². The Labute approximate surface area is 103 Å². The second-order valence-electron chi connectivity index (χ2n) is 4.75. The minimum absolute atomic E-state index is 0. The molecule has 1 amide bonds. The van der Waals surface area contributed by atoms with Gasteiger partial charge in [0.2, 0.25) is 5.91 Å². The van der Waals surface area contributed by atoms with E-state index >= 15 is 0 Å². The summed E-state index contributed by atoms with van der Waals surface area (Å²) in [5, 5.41) is 3.27. The monoisotopic (exact) mass is 248 g/mol. The van der Waals surface area contributed by atoms with E-state index in [0.29, 0.717) is 12.5 Å². The lowest BCUT2D eigenvalue weighted by Crippen LogP contribution is -2.44. The molecule has 5 heteroatoms. The smallest absolute Gasteiger partial charge is 0.229 e. The van der Waals surface area contributed by atoms with Gasteiger partial charge in [-0.15, -0.1) is 12.4 Å². The Morgan fingerprint density at radius 2 is 2.19 bits per heavy atom. The van der Waals surface area contributed by atoms with Gasteiger partial charge in [-0.2, -0.15) is 0 Å². The topological polar surface area (TPSA) is 41.6 Å². The maximum atomic E-state index is 12.3. The number of hydrogen-bond acceptors (Lipinski definition) is 3. The van der Waals surface area contributed by atoms with E-state index in [0.717, 1.165) is 45.6 Å². The van der Waals surface area contributed by atoms with Gasteiger partial charge in [-0.3, -0.25) is 4.79 Å². The minimum atomic E-state index is -0.176. The van der Waals surface area contributed by atoms with Gasteiger partial charge in [0, 0.05) is 26.2 Å².